The van der Waals surface area contributed by atoms with Crippen molar-refractivity contribution in [1.29, 1.82) is 0 Å². The first-order chi connectivity index (χ1) is 60.6. The second-order valence-corrected chi connectivity index (χ2v) is 28.2. The number of aryl methyl sites for hydroxylation is 4. The number of aromatic nitrogens is 4. The summed E-state index contributed by atoms with van der Waals surface area (Å²) < 4.78 is 307. The van der Waals surface area contributed by atoms with Crippen molar-refractivity contribution in [3.63, 3.8) is 0 Å². The van der Waals surface area contributed by atoms with Crippen molar-refractivity contribution in [2.75, 3.05) is 0 Å². The smallest absolute Gasteiger partial charge is 0.268 e. The molecular formula is C92H70N4OPtSi-2. The van der Waals surface area contributed by atoms with Crippen molar-refractivity contribution in [3.8, 4) is 95.5 Å². The fourth-order valence-corrected chi connectivity index (χ4v) is 17.2. The van der Waals surface area contributed by atoms with E-state index >= 15 is 0 Å². The van der Waals surface area contributed by atoms with E-state index in [9.17, 15) is 30.2 Å². The first-order valence-electron chi connectivity index (χ1n) is 46.8. The van der Waals surface area contributed by atoms with E-state index in [4.69, 9.17) is 22.1 Å². The molecule has 0 aliphatic carbocycles. The summed E-state index contributed by atoms with van der Waals surface area (Å²) in [7, 11) is -6.50. The van der Waals surface area contributed by atoms with E-state index < -0.39 is 204 Å². The van der Waals surface area contributed by atoms with E-state index in [1.807, 2.05) is 47.0 Å². The van der Waals surface area contributed by atoms with Crippen LogP contribution in [-0.4, -0.2) is 22.2 Å². The van der Waals surface area contributed by atoms with Gasteiger partial charge in [0.15, 0.2) is 8.07 Å². The molecule has 0 fully saturated rings. The molecule has 0 atom stereocenters. The minimum absolute atomic E-state index is 0. The first-order valence-corrected chi connectivity index (χ1v) is 33.3. The molecule has 0 saturated carbocycles. The summed E-state index contributed by atoms with van der Waals surface area (Å²) >= 11 is 0. The number of para-hydroxylation sites is 1. The van der Waals surface area contributed by atoms with Crippen LogP contribution in [0, 0.1) is 45.9 Å². The van der Waals surface area contributed by atoms with Gasteiger partial charge in [0.1, 0.15) is 5.82 Å². The Morgan fingerprint density at radius 3 is 1.66 bits per heavy atom. The summed E-state index contributed by atoms with van der Waals surface area (Å²) in [6.45, 7) is -6.27. The van der Waals surface area contributed by atoms with Crippen LogP contribution >= 0.6 is 0 Å². The molecule has 13 aromatic carbocycles. The average Bonchev–Trinajstić information content (AvgIpc) is 1.37. The Hall–Kier alpha value is -11.0. The second kappa shape index (κ2) is 25.1. The fourth-order valence-electron chi connectivity index (χ4n) is 13.6. The molecule has 0 bridgehead atoms. The zero-order valence-electron chi connectivity index (χ0n) is 83.8. The Bertz CT molecular complexity index is 7210. The number of hydrogen-bond acceptors (Lipinski definition) is 2. The van der Waals surface area contributed by atoms with Crippen LogP contribution in [0.25, 0.3) is 117 Å². The first kappa shape index (κ1) is 37.1. The molecule has 7 heteroatoms. The van der Waals surface area contributed by atoms with Crippen molar-refractivity contribution >= 4 is 61.7 Å². The number of pyridine rings is 1. The standard InChI is InChI=1S/C92H70N4OSi.Pt/c1-60-27-23-28-61(2)88(60)66-53-81-77-43-19-17-41-75(77)76-42-18-20-44-78(76)82-52-65(64-31-25-40-74(51-64)98(71-34-11-8-12-35-71,72-36-13-9-14-37-72)73-38-15-10-16-39-73)55-86-91(82)95(90(81)83(54-66)89-62(3)29-24-30-63(89)4)59-94(86)68-32-26-33-69(57-68)97-70-47-48-80-79-45-21-22-46-84(79)96(85(80)58-70)87-56-67(49-50-93-87)92(5,6)7;/h8-56H,1-7H3;/q-2;/i1D3,2D3,3D3,4D3,8D,9D,10D,11D,12D,13D,14D,15D,16D,25D,31D,34D,35D,36D,37D,38D,39D,40D,51D;. The summed E-state index contributed by atoms with van der Waals surface area (Å²) in [6, 6.07) is 31.5. The van der Waals surface area contributed by atoms with Crippen molar-refractivity contribution in [3.05, 3.63) is 343 Å². The molecule has 16 aromatic rings. The minimum Gasteiger partial charge on any atom is -0.510 e. The molecular weight excluding hydrogens is 1400 g/mol. The molecule has 0 amide bonds. The Morgan fingerprint density at radius 1 is 0.465 bits per heavy atom. The zero-order valence-corrected chi connectivity index (χ0v) is 56.1. The summed E-state index contributed by atoms with van der Waals surface area (Å²) in [5.74, 6) is 0.766. The molecule has 99 heavy (non-hydrogen) atoms. The molecule has 480 valence electrons. The number of imidazole rings is 1. The molecule has 4 heterocycles. The van der Waals surface area contributed by atoms with Gasteiger partial charge in [-0.25, -0.2) is 4.98 Å². The SMILES string of the molecule is [2H]c1c([2H])c([2H])c([Si](c2c([2H])c([2H])c([2H])c([2H])c2[2H])(c2c([2H])c([2H])c([2H])c([2H])c2[2H])c2c([2H])c([2H])c([2H])c(-c3cc4c5c(c3)n(-c3[c-]c(Oc6[c-]c7c(cc6)c6ccccc6n7-c6cc(C(C)(C)C)ccn6)ccc3)[c-][n+]5-c3c(cc(-c5c(C([2H])([2H])[2H])cccc5C([2H])([2H])[2H])cc3-c3c(C([2H])([2H])[2H])cccc3C([2H])([2H])[2H])-c3ccccc3-c3ccccc3-4)c2[2H])c([2H])c1[2H].[Pt]. The van der Waals surface area contributed by atoms with E-state index in [0.717, 1.165) is 21.9 Å². The van der Waals surface area contributed by atoms with Crippen molar-refractivity contribution in [2.45, 2.75) is 53.6 Å². The summed E-state index contributed by atoms with van der Waals surface area (Å²) in [6.07, 6.45) is 5.27. The molecule has 0 N–H and O–H groups in total. The molecule has 0 saturated heterocycles. The van der Waals surface area contributed by atoms with E-state index in [2.05, 4.69) is 39.2 Å². The largest absolute Gasteiger partial charge is 0.510 e. The van der Waals surface area contributed by atoms with Crippen LogP contribution in [0.4, 0.5) is 0 Å². The molecule has 3 aromatic heterocycles. The maximum Gasteiger partial charge on any atom is 0.268 e. The molecule has 1 aliphatic heterocycles. The monoisotopic (exact) mass is 1500 g/mol. The van der Waals surface area contributed by atoms with Gasteiger partial charge < -0.3 is 13.9 Å². The third kappa shape index (κ3) is 10.6. The van der Waals surface area contributed by atoms with E-state index in [0.29, 0.717) is 22.5 Å². The third-order valence-corrected chi connectivity index (χ3v) is 22.0. The molecule has 0 unspecified atom stereocenters. The number of rotatable bonds is 11. The summed E-state index contributed by atoms with van der Waals surface area (Å²) in [5, 5.41) is -2.65. The van der Waals surface area contributed by atoms with Gasteiger partial charge in [0.05, 0.1) is 42.8 Å². The van der Waals surface area contributed by atoms with Crippen molar-refractivity contribution in [1.82, 2.24) is 14.1 Å². The fraction of sp³-hybridized carbons (Fsp3) is 0.0870. The van der Waals surface area contributed by atoms with E-state index in [1.165, 1.54) is 69.8 Å². The molecule has 0 radical (unpaired) electrons. The summed E-state index contributed by atoms with van der Waals surface area (Å²) in [4.78, 5) is 4.85. The maximum absolute atomic E-state index is 11.2. The maximum atomic E-state index is 11.2. The van der Waals surface area contributed by atoms with Crippen molar-refractivity contribution < 1.29 is 72.9 Å². The average molecular weight is 1500 g/mol. The molecule has 5 nitrogen and oxygen atoms in total. The van der Waals surface area contributed by atoms with Gasteiger partial charge in [-0.1, -0.05) is 250 Å². The second-order valence-electron chi connectivity index (χ2n) is 24.7. The number of ether oxygens (including phenoxy) is 1. The molecule has 0 spiro atoms. The van der Waals surface area contributed by atoms with Gasteiger partial charge in [-0.3, -0.25) is 4.57 Å². The third-order valence-electron chi connectivity index (χ3n) is 18.0. The van der Waals surface area contributed by atoms with Crippen LogP contribution in [0.2, 0.25) is 0 Å². The van der Waals surface area contributed by atoms with Gasteiger partial charge in [-0.2, -0.15) is 18.2 Å². The topological polar surface area (TPSA) is 35.9 Å². The quantitative estimate of drug-likeness (QED) is 0.0560. The van der Waals surface area contributed by atoms with Gasteiger partial charge >= 0.3 is 0 Å². The minimum atomic E-state index is -6.50. The van der Waals surface area contributed by atoms with Crippen LogP contribution in [0.5, 0.6) is 11.5 Å². The predicted molar refractivity (Wildman–Crippen MR) is 407 cm³/mol. The van der Waals surface area contributed by atoms with Crippen LogP contribution < -0.4 is 30.1 Å². The van der Waals surface area contributed by atoms with Gasteiger partial charge in [0, 0.05) is 60.7 Å². The number of fused-ring (bicyclic) bond motifs is 10. The Balaban J connectivity index is 0.0000124. The van der Waals surface area contributed by atoms with E-state index in [1.54, 1.807) is 79.0 Å². The van der Waals surface area contributed by atoms with Gasteiger partial charge in [-0.05, 0) is 196 Å². The molecule has 1 aliphatic rings. The Kier molecular flexibility index (Phi) is 9.41. The van der Waals surface area contributed by atoms with Crippen LogP contribution in [0.3, 0.4) is 0 Å². The Labute approximate surface area is 638 Å². The summed E-state index contributed by atoms with van der Waals surface area (Å²) in [5.41, 5.74) is -0.825. The van der Waals surface area contributed by atoms with E-state index in [-0.39, 0.29) is 105 Å². The van der Waals surface area contributed by atoms with Crippen LogP contribution in [0.15, 0.2) is 297 Å². The predicted octanol–water partition coefficient (Wildman–Crippen LogP) is 19.8. The zero-order chi connectivity index (χ0) is 92.9. The Morgan fingerprint density at radius 2 is 1.02 bits per heavy atom. The van der Waals surface area contributed by atoms with Crippen LogP contribution in [-0.2, 0) is 26.5 Å². The van der Waals surface area contributed by atoms with Gasteiger partial charge in [0.2, 0.25) is 0 Å². The van der Waals surface area contributed by atoms with Crippen LogP contribution in [0.1, 0.15) is 91.1 Å². The van der Waals surface area contributed by atoms with Crippen molar-refractivity contribution in [2.24, 2.45) is 0 Å². The number of nitrogens with zero attached hydrogens (tertiary/aromatic N) is 4. The molecule has 17 rings (SSSR count). The van der Waals surface area contributed by atoms with Gasteiger partial charge in [-0.15, -0.1) is 29.7 Å². The van der Waals surface area contributed by atoms with Gasteiger partial charge in [0.25, 0.3) is 6.33 Å². The number of hydrogen-bond donors (Lipinski definition) is 0. The normalized spacial score (nSPS) is 16.9. The number of benzene rings is 13.